The first-order valence-corrected chi connectivity index (χ1v) is 6.52. The quantitative estimate of drug-likeness (QED) is 0.864. The summed E-state index contributed by atoms with van der Waals surface area (Å²) in [6, 6.07) is 3.28. The van der Waals surface area contributed by atoms with Crippen molar-refractivity contribution < 1.29 is 18.0 Å². The van der Waals surface area contributed by atoms with Crippen LogP contribution >= 0.6 is 0 Å². The van der Waals surface area contributed by atoms with E-state index in [1.54, 1.807) is 6.92 Å². The molecule has 0 atom stereocenters. The summed E-state index contributed by atoms with van der Waals surface area (Å²) in [5, 5.41) is 3.19. The molecule has 110 valence electrons. The number of benzene rings is 1. The van der Waals surface area contributed by atoms with Crippen LogP contribution in [0, 0.1) is 6.92 Å². The maximum Gasteiger partial charge on any atom is 0.416 e. The smallest absolute Gasteiger partial charge is 0.314 e. The summed E-state index contributed by atoms with van der Waals surface area (Å²) in [4.78, 5) is 14.2. The van der Waals surface area contributed by atoms with Gasteiger partial charge in [0.2, 0.25) is 0 Å². The number of aryl methyl sites for hydroxylation is 1. The van der Waals surface area contributed by atoms with Gasteiger partial charge in [0.1, 0.15) is 0 Å². The van der Waals surface area contributed by atoms with Gasteiger partial charge < -0.3 is 5.32 Å². The Balaban J connectivity index is 2.10. The lowest BCUT2D eigenvalue weighted by molar-refractivity contribution is -0.137. The largest absolute Gasteiger partial charge is 0.416 e. The molecule has 0 unspecified atom stereocenters. The Bertz CT molecular complexity index is 494. The zero-order chi connectivity index (χ0) is 14.8. The van der Waals surface area contributed by atoms with Gasteiger partial charge in [-0.3, -0.25) is 9.69 Å². The minimum Gasteiger partial charge on any atom is -0.314 e. The van der Waals surface area contributed by atoms with Crippen molar-refractivity contribution in [1.82, 2.24) is 10.2 Å². The van der Waals surface area contributed by atoms with Crippen molar-refractivity contribution in [3.05, 3.63) is 34.9 Å². The Kier molecular flexibility index (Phi) is 4.45. The fourth-order valence-corrected chi connectivity index (χ4v) is 2.31. The number of rotatable bonds is 3. The van der Waals surface area contributed by atoms with Crippen LogP contribution in [-0.2, 0) is 6.18 Å². The number of hydrogen-bond donors (Lipinski definition) is 1. The average molecular weight is 286 g/mol. The van der Waals surface area contributed by atoms with E-state index >= 15 is 0 Å². The second-order valence-electron chi connectivity index (χ2n) is 4.98. The number of carbonyl (C=O) groups is 1. The second kappa shape index (κ2) is 5.93. The third kappa shape index (κ3) is 3.58. The highest BCUT2D eigenvalue weighted by Gasteiger charge is 2.31. The zero-order valence-electron chi connectivity index (χ0n) is 11.3. The lowest BCUT2D eigenvalue weighted by atomic mass is 10.0. The summed E-state index contributed by atoms with van der Waals surface area (Å²) < 4.78 is 37.7. The number of carbonyl (C=O) groups excluding carboxylic acids is 1. The molecule has 0 spiro atoms. The molecule has 1 fully saturated rings. The van der Waals surface area contributed by atoms with Gasteiger partial charge in [-0.25, -0.2) is 0 Å². The molecule has 0 aliphatic carbocycles. The monoisotopic (exact) mass is 286 g/mol. The summed E-state index contributed by atoms with van der Waals surface area (Å²) in [5.41, 5.74) is 0.0326. The number of nitrogens with zero attached hydrogens (tertiary/aromatic N) is 1. The van der Waals surface area contributed by atoms with Gasteiger partial charge in [0.15, 0.2) is 5.78 Å². The van der Waals surface area contributed by atoms with Gasteiger partial charge in [0.05, 0.1) is 12.1 Å². The highest BCUT2D eigenvalue weighted by atomic mass is 19.4. The van der Waals surface area contributed by atoms with Crippen molar-refractivity contribution in [2.75, 3.05) is 32.7 Å². The van der Waals surface area contributed by atoms with Gasteiger partial charge in [0.25, 0.3) is 0 Å². The summed E-state index contributed by atoms with van der Waals surface area (Å²) in [5.74, 6) is -0.127. The number of alkyl halides is 3. The molecule has 1 aromatic carbocycles. The highest BCUT2D eigenvalue weighted by molar-refractivity contribution is 5.99. The van der Waals surface area contributed by atoms with Crippen LogP contribution in [0.15, 0.2) is 18.2 Å². The van der Waals surface area contributed by atoms with Gasteiger partial charge in [-0.2, -0.15) is 13.2 Å². The van der Waals surface area contributed by atoms with Gasteiger partial charge >= 0.3 is 6.18 Å². The Labute approximate surface area is 115 Å². The first-order chi connectivity index (χ1) is 9.38. The SMILES string of the molecule is Cc1cc(C(F)(F)F)ccc1C(=O)CN1CCNCC1. The molecular formula is C14H17F3N2O. The Morgan fingerprint density at radius 1 is 1.30 bits per heavy atom. The predicted octanol–water partition coefficient (Wildman–Crippen LogP) is 2.10. The fraction of sp³-hybridized carbons (Fsp3) is 0.500. The van der Waals surface area contributed by atoms with Crippen LogP contribution in [0.3, 0.4) is 0 Å². The van der Waals surface area contributed by atoms with Gasteiger partial charge in [-0.15, -0.1) is 0 Å². The topological polar surface area (TPSA) is 32.3 Å². The maximum absolute atomic E-state index is 12.6. The van der Waals surface area contributed by atoms with Crippen molar-refractivity contribution in [2.45, 2.75) is 13.1 Å². The maximum atomic E-state index is 12.6. The van der Waals surface area contributed by atoms with E-state index in [0.717, 1.165) is 38.3 Å². The third-order valence-electron chi connectivity index (χ3n) is 3.43. The van der Waals surface area contributed by atoms with Crippen LogP contribution in [0.1, 0.15) is 21.5 Å². The molecule has 1 aliphatic rings. The summed E-state index contributed by atoms with van der Waals surface area (Å²) in [6.45, 7) is 5.03. The molecule has 1 heterocycles. The molecule has 0 bridgehead atoms. The van der Waals surface area contributed by atoms with Crippen LogP contribution in [0.4, 0.5) is 13.2 Å². The summed E-state index contributed by atoms with van der Waals surface area (Å²) >= 11 is 0. The van der Waals surface area contributed by atoms with Gasteiger partial charge in [-0.05, 0) is 24.6 Å². The number of Topliss-reactive ketones (excluding diaryl/α,β-unsaturated/α-hetero) is 1. The Morgan fingerprint density at radius 2 is 1.95 bits per heavy atom. The number of ketones is 1. The number of nitrogens with one attached hydrogen (secondary N) is 1. The summed E-state index contributed by atoms with van der Waals surface area (Å²) in [6.07, 6.45) is -4.37. The fourth-order valence-electron chi connectivity index (χ4n) is 2.31. The van der Waals surface area contributed by atoms with Crippen molar-refractivity contribution in [1.29, 1.82) is 0 Å². The number of hydrogen-bond acceptors (Lipinski definition) is 3. The van der Waals surface area contributed by atoms with E-state index < -0.39 is 11.7 Å². The van der Waals surface area contributed by atoms with Crippen LogP contribution in [-0.4, -0.2) is 43.4 Å². The molecule has 1 aromatic rings. The molecule has 1 saturated heterocycles. The van der Waals surface area contributed by atoms with Crippen LogP contribution in [0.25, 0.3) is 0 Å². The van der Waals surface area contributed by atoms with Gasteiger partial charge in [-0.1, -0.05) is 6.07 Å². The van der Waals surface area contributed by atoms with E-state index in [0.29, 0.717) is 11.1 Å². The van der Waals surface area contributed by atoms with E-state index in [1.807, 2.05) is 4.90 Å². The van der Waals surface area contributed by atoms with Crippen molar-refractivity contribution in [3.63, 3.8) is 0 Å². The van der Waals surface area contributed by atoms with E-state index in [2.05, 4.69) is 5.32 Å². The predicted molar refractivity (Wildman–Crippen MR) is 69.8 cm³/mol. The molecule has 1 N–H and O–H groups in total. The Hall–Kier alpha value is -1.40. The molecule has 3 nitrogen and oxygen atoms in total. The third-order valence-corrected chi connectivity index (χ3v) is 3.43. The van der Waals surface area contributed by atoms with Crippen molar-refractivity contribution in [3.8, 4) is 0 Å². The van der Waals surface area contributed by atoms with Crippen molar-refractivity contribution >= 4 is 5.78 Å². The molecule has 0 saturated carbocycles. The molecular weight excluding hydrogens is 269 g/mol. The lowest BCUT2D eigenvalue weighted by Gasteiger charge is -2.26. The standard InChI is InChI=1S/C14H17F3N2O/c1-10-8-11(14(15,16)17)2-3-12(10)13(20)9-19-6-4-18-5-7-19/h2-3,8,18H,4-7,9H2,1H3. The molecule has 0 amide bonds. The van der Waals surface area contributed by atoms with Crippen LogP contribution in [0.2, 0.25) is 0 Å². The molecule has 2 rings (SSSR count). The number of piperazine rings is 1. The van der Waals surface area contributed by atoms with E-state index in [9.17, 15) is 18.0 Å². The minimum atomic E-state index is -4.37. The molecule has 0 radical (unpaired) electrons. The molecule has 20 heavy (non-hydrogen) atoms. The highest BCUT2D eigenvalue weighted by Crippen LogP contribution is 2.30. The molecule has 0 aromatic heterocycles. The molecule has 1 aliphatic heterocycles. The number of halogens is 3. The van der Waals surface area contributed by atoms with E-state index in [1.165, 1.54) is 6.07 Å². The normalized spacial score (nSPS) is 17.2. The lowest BCUT2D eigenvalue weighted by Crippen LogP contribution is -2.45. The van der Waals surface area contributed by atoms with Crippen LogP contribution in [0.5, 0.6) is 0 Å². The van der Waals surface area contributed by atoms with E-state index in [4.69, 9.17) is 0 Å². The first kappa shape index (κ1) is 15.0. The van der Waals surface area contributed by atoms with Gasteiger partial charge in [0, 0.05) is 31.7 Å². The summed E-state index contributed by atoms with van der Waals surface area (Å²) in [7, 11) is 0. The average Bonchev–Trinajstić information content (AvgIpc) is 2.38. The minimum absolute atomic E-state index is 0.127. The Morgan fingerprint density at radius 3 is 2.50 bits per heavy atom. The first-order valence-electron chi connectivity index (χ1n) is 6.52. The van der Waals surface area contributed by atoms with Crippen LogP contribution < -0.4 is 5.32 Å². The van der Waals surface area contributed by atoms with Crippen molar-refractivity contribution in [2.24, 2.45) is 0 Å². The zero-order valence-corrected chi connectivity index (χ0v) is 11.3. The molecule has 6 heteroatoms. The second-order valence-corrected chi connectivity index (χ2v) is 4.98. The van der Waals surface area contributed by atoms with E-state index in [-0.39, 0.29) is 12.3 Å².